The van der Waals surface area contributed by atoms with Gasteiger partial charge in [-0.3, -0.25) is 4.98 Å². The van der Waals surface area contributed by atoms with E-state index in [1.165, 1.54) is 25.3 Å². The molecular formula is C9H9F4NO. The van der Waals surface area contributed by atoms with Gasteiger partial charge in [0.2, 0.25) is 0 Å². The molecule has 0 unspecified atom stereocenters. The number of hydrogen-bond acceptors (Lipinski definition) is 2. The van der Waals surface area contributed by atoms with Crippen molar-refractivity contribution in [3.63, 3.8) is 0 Å². The Bertz CT molecular complexity index is 330. The van der Waals surface area contributed by atoms with E-state index in [9.17, 15) is 17.6 Å². The summed E-state index contributed by atoms with van der Waals surface area (Å²) in [6.45, 7) is 0.188. The van der Waals surface area contributed by atoms with E-state index in [0.717, 1.165) is 0 Å². The van der Waals surface area contributed by atoms with E-state index >= 15 is 0 Å². The smallest absolute Gasteiger partial charge is 0.340 e. The highest BCUT2D eigenvalue weighted by atomic mass is 19.3. The molecule has 0 N–H and O–H groups in total. The number of alkyl halides is 4. The van der Waals surface area contributed by atoms with Gasteiger partial charge in [-0.2, -0.15) is 8.78 Å². The van der Waals surface area contributed by atoms with Crippen LogP contribution in [0.3, 0.4) is 0 Å². The largest absolute Gasteiger partial charge is 0.485 e. The van der Waals surface area contributed by atoms with Crippen molar-refractivity contribution in [2.45, 2.75) is 19.3 Å². The number of aromatic nitrogens is 1. The van der Waals surface area contributed by atoms with Crippen LogP contribution < -0.4 is 4.74 Å². The highest BCUT2D eigenvalue weighted by Crippen LogP contribution is 2.24. The minimum atomic E-state index is -4.14. The lowest BCUT2D eigenvalue weighted by Crippen LogP contribution is -2.33. The Hall–Kier alpha value is -1.33. The molecule has 0 saturated heterocycles. The van der Waals surface area contributed by atoms with E-state index < -0.39 is 19.0 Å². The zero-order valence-corrected chi connectivity index (χ0v) is 7.88. The Labute approximate surface area is 83.9 Å². The van der Waals surface area contributed by atoms with Crippen molar-refractivity contribution in [3.8, 4) is 5.75 Å². The fourth-order valence-corrected chi connectivity index (χ4v) is 0.859. The number of rotatable bonds is 4. The van der Waals surface area contributed by atoms with Crippen LogP contribution in [-0.2, 0) is 0 Å². The van der Waals surface area contributed by atoms with Gasteiger partial charge in [0, 0.05) is 6.20 Å². The molecule has 1 rings (SSSR count). The van der Waals surface area contributed by atoms with Crippen LogP contribution in [0, 0.1) is 6.92 Å². The molecule has 0 aliphatic carbocycles. The Morgan fingerprint density at radius 2 is 2.13 bits per heavy atom. The van der Waals surface area contributed by atoms with Gasteiger partial charge in [0.25, 0.3) is 0 Å². The van der Waals surface area contributed by atoms with Crippen LogP contribution in [0.1, 0.15) is 5.69 Å². The van der Waals surface area contributed by atoms with E-state index in [0.29, 0.717) is 5.69 Å². The van der Waals surface area contributed by atoms with Gasteiger partial charge in [-0.15, -0.1) is 0 Å². The fraction of sp³-hybridized carbons (Fsp3) is 0.444. The van der Waals surface area contributed by atoms with Crippen molar-refractivity contribution in [1.29, 1.82) is 0 Å². The topological polar surface area (TPSA) is 22.1 Å². The third-order valence-corrected chi connectivity index (χ3v) is 1.70. The van der Waals surface area contributed by atoms with E-state index in [1.54, 1.807) is 0 Å². The predicted octanol–water partition coefficient (Wildman–Crippen LogP) is 2.67. The summed E-state index contributed by atoms with van der Waals surface area (Å²) in [6.07, 6.45) is -2.28. The van der Waals surface area contributed by atoms with Crippen LogP contribution in [0.25, 0.3) is 0 Å². The molecule has 1 aromatic heterocycles. The first kappa shape index (κ1) is 11.7. The third kappa shape index (κ3) is 3.07. The van der Waals surface area contributed by atoms with Crippen LogP contribution >= 0.6 is 0 Å². The summed E-state index contributed by atoms with van der Waals surface area (Å²) in [7, 11) is 0. The van der Waals surface area contributed by atoms with Gasteiger partial charge >= 0.3 is 12.3 Å². The fourth-order valence-electron chi connectivity index (χ4n) is 0.859. The molecule has 2 nitrogen and oxygen atoms in total. The third-order valence-electron chi connectivity index (χ3n) is 1.70. The number of halogens is 4. The monoisotopic (exact) mass is 223 g/mol. The minimum absolute atomic E-state index is 0.0813. The Kier molecular flexibility index (Phi) is 3.49. The van der Waals surface area contributed by atoms with Crippen molar-refractivity contribution in [1.82, 2.24) is 4.98 Å². The SMILES string of the molecule is Cc1ncccc1OCC(F)(F)C(F)F. The van der Waals surface area contributed by atoms with Gasteiger partial charge in [0.1, 0.15) is 5.75 Å². The molecule has 0 aliphatic heterocycles. The molecule has 0 amide bonds. The molecule has 0 aromatic carbocycles. The normalized spacial score (nSPS) is 11.9. The summed E-state index contributed by atoms with van der Waals surface area (Å²) in [6, 6.07) is 2.87. The van der Waals surface area contributed by atoms with E-state index in [4.69, 9.17) is 0 Å². The molecule has 1 aromatic rings. The van der Waals surface area contributed by atoms with Gasteiger partial charge in [-0.25, -0.2) is 8.78 Å². The molecule has 0 radical (unpaired) electrons. The highest BCUT2D eigenvalue weighted by Gasteiger charge is 2.41. The summed E-state index contributed by atoms with van der Waals surface area (Å²) >= 11 is 0. The van der Waals surface area contributed by atoms with Crippen LogP contribution in [-0.4, -0.2) is 23.9 Å². The van der Waals surface area contributed by atoms with Crippen LogP contribution in [0.5, 0.6) is 5.75 Å². The molecular weight excluding hydrogens is 214 g/mol. The molecule has 0 atom stereocenters. The van der Waals surface area contributed by atoms with E-state index in [2.05, 4.69) is 9.72 Å². The maximum absolute atomic E-state index is 12.5. The molecule has 0 spiro atoms. The molecule has 6 heteroatoms. The van der Waals surface area contributed by atoms with Gasteiger partial charge in [0.15, 0.2) is 6.61 Å². The maximum Gasteiger partial charge on any atom is 0.340 e. The first-order valence-electron chi connectivity index (χ1n) is 4.14. The molecule has 1 heterocycles. The maximum atomic E-state index is 12.5. The van der Waals surface area contributed by atoms with Gasteiger partial charge in [0.05, 0.1) is 5.69 Å². The molecule has 0 saturated carbocycles. The van der Waals surface area contributed by atoms with Crippen molar-refractivity contribution >= 4 is 0 Å². The van der Waals surface area contributed by atoms with Crippen LogP contribution in [0.15, 0.2) is 18.3 Å². The van der Waals surface area contributed by atoms with Gasteiger partial charge in [-0.1, -0.05) is 0 Å². The number of aryl methyl sites for hydroxylation is 1. The first-order chi connectivity index (χ1) is 6.93. The highest BCUT2D eigenvalue weighted by molar-refractivity contribution is 5.25. The van der Waals surface area contributed by atoms with E-state index in [1.807, 2.05) is 0 Å². The van der Waals surface area contributed by atoms with Crippen molar-refractivity contribution < 1.29 is 22.3 Å². The molecule has 0 bridgehead atoms. The number of ether oxygens (including phenoxy) is 1. The lowest BCUT2D eigenvalue weighted by atomic mass is 10.3. The molecule has 84 valence electrons. The molecule has 15 heavy (non-hydrogen) atoms. The number of hydrogen-bond donors (Lipinski definition) is 0. The number of pyridine rings is 1. The second kappa shape index (κ2) is 4.46. The second-order valence-corrected chi connectivity index (χ2v) is 2.94. The first-order valence-corrected chi connectivity index (χ1v) is 4.14. The Morgan fingerprint density at radius 1 is 1.47 bits per heavy atom. The lowest BCUT2D eigenvalue weighted by molar-refractivity contribution is -0.148. The van der Waals surface area contributed by atoms with Crippen LogP contribution in [0.4, 0.5) is 17.6 Å². The summed E-state index contributed by atoms with van der Waals surface area (Å²) in [4.78, 5) is 3.77. The zero-order chi connectivity index (χ0) is 11.5. The minimum Gasteiger partial charge on any atom is -0.485 e. The van der Waals surface area contributed by atoms with E-state index in [-0.39, 0.29) is 5.75 Å². The summed E-state index contributed by atoms with van der Waals surface area (Å²) in [5.41, 5.74) is 0.377. The molecule has 0 aliphatic rings. The van der Waals surface area contributed by atoms with Crippen molar-refractivity contribution in [3.05, 3.63) is 24.0 Å². The average molecular weight is 223 g/mol. The zero-order valence-electron chi connectivity index (χ0n) is 7.88. The predicted molar refractivity (Wildman–Crippen MR) is 45.4 cm³/mol. The number of nitrogens with zero attached hydrogens (tertiary/aromatic N) is 1. The van der Waals surface area contributed by atoms with Gasteiger partial charge in [-0.05, 0) is 19.1 Å². The van der Waals surface area contributed by atoms with Crippen molar-refractivity contribution in [2.75, 3.05) is 6.61 Å². The lowest BCUT2D eigenvalue weighted by Gasteiger charge is -2.16. The summed E-state index contributed by atoms with van der Waals surface area (Å²) in [5, 5.41) is 0. The van der Waals surface area contributed by atoms with Gasteiger partial charge < -0.3 is 4.74 Å². The quantitative estimate of drug-likeness (QED) is 0.732. The average Bonchev–Trinajstić information content (AvgIpc) is 2.16. The standard InChI is InChI=1S/C9H9F4NO/c1-6-7(3-2-4-14-6)15-5-9(12,13)8(10)11/h2-4,8H,5H2,1H3. The van der Waals surface area contributed by atoms with Crippen molar-refractivity contribution in [2.24, 2.45) is 0 Å². The van der Waals surface area contributed by atoms with Crippen LogP contribution in [0.2, 0.25) is 0 Å². The molecule has 0 fully saturated rings. The second-order valence-electron chi connectivity index (χ2n) is 2.94. The Balaban J connectivity index is 2.62. The summed E-state index contributed by atoms with van der Waals surface area (Å²) in [5.74, 6) is -4.06. The summed E-state index contributed by atoms with van der Waals surface area (Å²) < 4.78 is 53.0. The Morgan fingerprint density at radius 3 is 2.67 bits per heavy atom.